The molecular formula is C13H29NO. The lowest BCUT2D eigenvalue weighted by molar-refractivity contribution is -0.117. The van der Waals surface area contributed by atoms with Gasteiger partial charge in [-0.3, -0.25) is 4.79 Å². The number of rotatable bonds is 1. The van der Waals surface area contributed by atoms with Crippen LogP contribution >= 0.6 is 0 Å². The van der Waals surface area contributed by atoms with Gasteiger partial charge in [0.25, 0.3) is 0 Å². The minimum atomic E-state index is 0.542. The average Bonchev–Trinajstić information content (AvgIpc) is 2.73. The molecule has 0 aliphatic carbocycles. The van der Waals surface area contributed by atoms with E-state index in [1.54, 1.807) is 4.90 Å². The Bertz CT molecular complexity index is 132. The smallest absolute Gasteiger partial charge is 0.209 e. The van der Waals surface area contributed by atoms with Gasteiger partial charge in [0, 0.05) is 13.1 Å². The lowest BCUT2D eigenvalue weighted by atomic mass is 9.94. The standard InChI is InChI=1S/C6H14.C5H9NO.C2H6/c1-5-6(2,3)4;7-5-6-3-1-2-4-6;1-2/h5H2,1-4H3;5H,1-4H2;1-2H3. The van der Waals surface area contributed by atoms with Crippen LogP contribution in [0.15, 0.2) is 0 Å². The summed E-state index contributed by atoms with van der Waals surface area (Å²) in [5.41, 5.74) is 0.542. The molecule has 1 fully saturated rings. The number of hydrogen-bond acceptors (Lipinski definition) is 1. The summed E-state index contributed by atoms with van der Waals surface area (Å²) < 4.78 is 0. The van der Waals surface area contributed by atoms with Gasteiger partial charge in [0.15, 0.2) is 0 Å². The molecule has 0 unspecified atom stereocenters. The molecule has 15 heavy (non-hydrogen) atoms. The van der Waals surface area contributed by atoms with Crippen molar-refractivity contribution in [2.24, 2.45) is 5.41 Å². The average molecular weight is 215 g/mol. The molecule has 2 nitrogen and oxygen atoms in total. The second-order valence-electron chi connectivity index (χ2n) is 4.76. The van der Waals surface area contributed by atoms with Crippen LogP contribution in [-0.2, 0) is 4.79 Å². The fourth-order valence-electron chi connectivity index (χ4n) is 0.847. The van der Waals surface area contributed by atoms with Crippen molar-refractivity contribution in [2.75, 3.05) is 13.1 Å². The second kappa shape index (κ2) is 10.0. The van der Waals surface area contributed by atoms with Crippen LogP contribution in [0.1, 0.15) is 60.8 Å². The van der Waals surface area contributed by atoms with Gasteiger partial charge < -0.3 is 4.90 Å². The first-order valence-electron chi connectivity index (χ1n) is 6.19. The Balaban J connectivity index is 0. The molecule has 1 aliphatic rings. The van der Waals surface area contributed by atoms with Crippen LogP contribution in [0.3, 0.4) is 0 Å². The third-order valence-corrected chi connectivity index (χ3v) is 2.35. The zero-order valence-corrected chi connectivity index (χ0v) is 11.5. The van der Waals surface area contributed by atoms with Crippen LogP contribution in [-0.4, -0.2) is 24.4 Å². The van der Waals surface area contributed by atoms with Crippen molar-refractivity contribution in [3.05, 3.63) is 0 Å². The van der Waals surface area contributed by atoms with E-state index in [-0.39, 0.29) is 0 Å². The summed E-state index contributed by atoms with van der Waals surface area (Å²) in [5, 5.41) is 0. The number of nitrogens with zero attached hydrogens (tertiary/aromatic N) is 1. The first kappa shape index (κ1) is 16.9. The van der Waals surface area contributed by atoms with E-state index >= 15 is 0 Å². The molecule has 0 radical (unpaired) electrons. The maximum absolute atomic E-state index is 9.93. The normalized spacial score (nSPS) is 14.7. The van der Waals surface area contributed by atoms with Crippen molar-refractivity contribution >= 4 is 6.41 Å². The SMILES string of the molecule is CC.CCC(C)(C)C.O=CN1CCCC1. The summed E-state index contributed by atoms with van der Waals surface area (Å²) in [4.78, 5) is 11.7. The van der Waals surface area contributed by atoms with E-state index in [4.69, 9.17) is 0 Å². The zero-order chi connectivity index (χ0) is 12.3. The van der Waals surface area contributed by atoms with E-state index in [2.05, 4.69) is 27.7 Å². The Kier molecular flexibility index (Phi) is 11.3. The first-order valence-corrected chi connectivity index (χ1v) is 6.19. The van der Waals surface area contributed by atoms with Gasteiger partial charge >= 0.3 is 0 Å². The van der Waals surface area contributed by atoms with E-state index < -0.39 is 0 Å². The summed E-state index contributed by atoms with van der Waals surface area (Å²) in [6.07, 6.45) is 4.58. The van der Waals surface area contributed by atoms with Gasteiger partial charge in [-0.15, -0.1) is 0 Å². The van der Waals surface area contributed by atoms with Crippen molar-refractivity contribution in [3.8, 4) is 0 Å². The van der Waals surface area contributed by atoms with Gasteiger partial charge in [0.05, 0.1) is 0 Å². The van der Waals surface area contributed by atoms with E-state index in [0.29, 0.717) is 5.41 Å². The first-order chi connectivity index (χ1) is 6.99. The molecule has 0 spiro atoms. The molecule has 0 N–H and O–H groups in total. The third-order valence-electron chi connectivity index (χ3n) is 2.35. The fourth-order valence-corrected chi connectivity index (χ4v) is 0.847. The molecule has 0 aromatic rings. The molecule has 92 valence electrons. The topological polar surface area (TPSA) is 20.3 Å². The predicted molar refractivity (Wildman–Crippen MR) is 68.0 cm³/mol. The fraction of sp³-hybridized carbons (Fsp3) is 0.923. The molecule has 0 bridgehead atoms. The number of carbonyl (C=O) groups excluding carboxylic acids is 1. The zero-order valence-electron chi connectivity index (χ0n) is 11.5. The quantitative estimate of drug-likeness (QED) is 0.611. The van der Waals surface area contributed by atoms with Gasteiger partial charge in [0.2, 0.25) is 6.41 Å². The van der Waals surface area contributed by atoms with Crippen LogP contribution in [0.4, 0.5) is 0 Å². The highest BCUT2D eigenvalue weighted by molar-refractivity contribution is 5.47. The Morgan fingerprint density at radius 3 is 1.60 bits per heavy atom. The van der Waals surface area contributed by atoms with Crippen LogP contribution in [0.5, 0.6) is 0 Å². The van der Waals surface area contributed by atoms with Crippen LogP contribution in [0, 0.1) is 5.41 Å². The van der Waals surface area contributed by atoms with Crippen molar-refractivity contribution < 1.29 is 4.79 Å². The summed E-state index contributed by atoms with van der Waals surface area (Å²) >= 11 is 0. The summed E-state index contributed by atoms with van der Waals surface area (Å²) in [6.45, 7) is 14.9. The largest absolute Gasteiger partial charge is 0.345 e. The molecular weight excluding hydrogens is 186 g/mol. The Labute approximate surface area is 96.0 Å². The molecule has 0 saturated carbocycles. The van der Waals surface area contributed by atoms with Crippen molar-refractivity contribution in [3.63, 3.8) is 0 Å². The summed E-state index contributed by atoms with van der Waals surface area (Å²) in [5.74, 6) is 0. The highest BCUT2D eigenvalue weighted by atomic mass is 16.1. The van der Waals surface area contributed by atoms with E-state index in [9.17, 15) is 4.79 Å². The maximum Gasteiger partial charge on any atom is 0.209 e. The minimum absolute atomic E-state index is 0.542. The maximum atomic E-state index is 9.93. The molecule has 1 saturated heterocycles. The molecule has 1 amide bonds. The Morgan fingerprint density at radius 1 is 1.13 bits per heavy atom. The molecule has 0 aromatic carbocycles. The van der Waals surface area contributed by atoms with E-state index in [1.165, 1.54) is 19.3 Å². The predicted octanol–water partition coefficient (Wildman–Crippen LogP) is 3.71. The van der Waals surface area contributed by atoms with Gasteiger partial charge in [-0.2, -0.15) is 0 Å². The Morgan fingerprint density at radius 2 is 1.47 bits per heavy atom. The highest BCUT2D eigenvalue weighted by Gasteiger charge is 2.06. The molecule has 1 aliphatic heterocycles. The molecule has 1 heterocycles. The number of hydrogen-bond donors (Lipinski definition) is 0. The Hall–Kier alpha value is -0.530. The monoisotopic (exact) mass is 215 g/mol. The number of carbonyl (C=O) groups is 1. The molecule has 2 heteroatoms. The van der Waals surface area contributed by atoms with E-state index in [0.717, 1.165) is 19.5 Å². The second-order valence-corrected chi connectivity index (χ2v) is 4.76. The lowest BCUT2D eigenvalue weighted by Gasteiger charge is -2.12. The van der Waals surface area contributed by atoms with Crippen molar-refractivity contribution in [1.82, 2.24) is 4.90 Å². The van der Waals surface area contributed by atoms with Crippen molar-refractivity contribution in [1.29, 1.82) is 0 Å². The van der Waals surface area contributed by atoms with Crippen LogP contribution in [0.25, 0.3) is 0 Å². The number of amides is 1. The molecule has 1 rings (SSSR count). The van der Waals surface area contributed by atoms with Crippen molar-refractivity contribution in [2.45, 2.75) is 60.8 Å². The molecule has 0 aromatic heterocycles. The van der Waals surface area contributed by atoms with Gasteiger partial charge in [0.1, 0.15) is 0 Å². The van der Waals surface area contributed by atoms with Gasteiger partial charge in [-0.1, -0.05) is 48.0 Å². The summed E-state index contributed by atoms with van der Waals surface area (Å²) in [6, 6.07) is 0. The van der Waals surface area contributed by atoms with Gasteiger partial charge in [-0.25, -0.2) is 0 Å². The third kappa shape index (κ3) is 13.5. The van der Waals surface area contributed by atoms with Gasteiger partial charge in [-0.05, 0) is 18.3 Å². The summed E-state index contributed by atoms with van der Waals surface area (Å²) in [7, 11) is 0. The molecule has 0 atom stereocenters. The number of likely N-dealkylation sites (tertiary alicyclic amines) is 1. The lowest BCUT2D eigenvalue weighted by Crippen LogP contribution is -2.15. The van der Waals surface area contributed by atoms with Crippen LogP contribution < -0.4 is 0 Å². The highest BCUT2D eigenvalue weighted by Crippen LogP contribution is 2.16. The van der Waals surface area contributed by atoms with Crippen LogP contribution in [0.2, 0.25) is 0 Å². The minimum Gasteiger partial charge on any atom is -0.345 e. The van der Waals surface area contributed by atoms with E-state index in [1.807, 2.05) is 13.8 Å².